The van der Waals surface area contributed by atoms with Crippen molar-refractivity contribution < 1.29 is 9.73 Å². The van der Waals surface area contributed by atoms with Gasteiger partial charge in [-0.05, 0) is 18.1 Å². The lowest BCUT2D eigenvalue weighted by molar-refractivity contribution is -0.449. The molecule has 1 atom stereocenters. The average molecular weight is 217 g/mol. The Labute approximate surface area is 95.5 Å². The van der Waals surface area contributed by atoms with E-state index in [1.54, 1.807) is 0 Å². The zero-order valence-corrected chi connectivity index (χ0v) is 9.55. The van der Waals surface area contributed by atoms with Crippen molar-refractivity contribution in [1.82, 2.24) is 5.32 Å². The van der Waals surface area contributed by atoms with Crippen LogP contribution in [0.15, 0.2) is 24.3 Å². The van der Waals surface area contributed by atoms with Gasteiger partial charge in [0.1, 0.15) is 18.8 Å². The summed E-state index contributed by atoms with van der Waals surface area (Å²) < 4.78 is 6.17. The molecule has 3 heteroatoms. The maximum absolute atomic E-state index is 6.17. The Morgan fingerprint density at radius 3 is 3.00 bits per heavy atom. The molecule has 0 radical (unpaired) electrons. The highest BCUT2D eigenvalue weighted by atomic mass is 16.5. The van der Waals surface area contributed by atoms with Crippen molar-refractivity contribution in [2.24, 2.45) is 0 Å². The van der Waals surface area contributed by atoms with Gasteiger partial charge < -0.3 is 4.74 Å². The first kappa shape index (κ1) is 9.70. The quantitative estimate of drug-likeness (QED) is 0.723. The highest BCUT2D eigenvalue weighted by Gasteiger charge is 2.47. The van der Waals surface area contributed by atoms with E-state index >= 15 is 0 Å². The Bertz CT molecular complexity index is 414. The minimum atomic E-state index is -0.180. The van der Waals surface area contributed by atoms with Gasteiger partial charge in [0.25, 0.3) is 5.84 Å². The van der Waals surface area contributed by atoms with Crippen LogP contribution in [0.3, 0.4) is 0 Å². The molecule has 3 nitrogen and oxygen atoms in total. The van der Waals surface area contributed by atoms with Crippen LogP contribution >= 0.6 is 0 Å². The Morgan fingerprint density at radius 2 is 2.31 bits per heavy atom. The first-order chi connectivity index (χ1) is 7.84. The number of benzene rings is 1. The number of nitrogens with one attached hydrogen (secondary N) is 2. The fourth-order valence-electron chi connectivity index (χ4n) is 2.58. The second-order valence-corrected chi connectivity index (χ2v) is 4.46. The van der Waals surface area contributed by atoms with Gasteiger partial charge in [-0.15, -0.1) is 0 Å². The molecule has 0 saturated carbocycles. The lowest BCUT2D eigenvalue weighted by Crippen LogP contribution is -2.76. The predicted molar refractivity (Wildman–Crippen MR) is 62.6 cm³/mol. The third-order valence-corrected chi connectivity index (χ3v) is 3.51. The molecular formula is C13H17N2O+. The zero-order valence-electron chi connectivity index (χ0n) is 9.55. The van der Waals surface area contributed by atoms with Crippen molar-refractivity contribution in [3.8, 4) is 5.75 Å². The minimum Gasteiger partial charge on any atom is -0.474 e. The van der Waals surface area contributed by atoms with E-state index in [-0.39, 0.29) is 5.60 Å². The van der Waals surface area contributed by atoms with Crippen LogP contribution < -0.4 is 15.0 Å². The van der Waals surface area contributed by atoms with Gasteiger partial charge in [0.15, 0.2) is 0 Å². The van der Waals surface area contributed by atoms with Crippen molar-refractivity contribution in [3.63, 3.8) is 0 Å². The number of rotatable bonds is 2. The summed E-state index contributed by atoms with van der Waals surface area (Å²) in [7, 11) is 0. The number of fused-ring (bicyclic) bond motifs is 1. The maximum atomic E-state index is 6.17. The third kappa shape index (κ3) is 1.31. The van der Waals surface area contributed by atoms with E-state index in [1.807, 2.05) is 6.07 Å². The molecule has 0 amide bonds. The Balaban J connectivity index is 1.96. The second-order valence-electron chi connectivity index (χ2n) is 4.46. The Kier molecular flexibility index (Phi) is 2.13. The summed E-state index contributed by atoms with van der Waals surface area (Å²) in [6, 6.07) is 8.32. The first-order valence-electron chi connectivity index (χ1n) is 5.96. The fraction of sp³-hybridized carbons (Fsp3) is 0.462. The van der Waals surface area contributed by atoms with E-state index in [0.717, 1.165) is 37.5 Å². The van der Waals surface area contributed by atoms with Gasteiger partial charge >= 0.3 is 0 Å². The highest BCUT2D eigenvalue weighted by Crippen LogP contribution is 2.36. The highest BCUT2D eigenvalue weighted by molar-refractivity contribution is 5.88. The molecule has 84 valence electrons. The van der Waals surface area contributed by atoms with Gasteiger partial charge in [-0.1, -0.05) is 25.1 Å². The second kappa shape index (κ2) is 3.51. The molecule has 0 aromatic heterocycles. The number of hydrogen-bond acceptors (Lipinski definition) is 2. The molecule has 0 fully saturated rings. The lowest BCUT2D eigenvalue weighted by atomic mass is 9.93. The van der Waals surface area contributed by atoms with Gasteiger partial charge in [-0.25, -0.2) is 0 Å². The molecule has 2 aliphatic heterocycles. The Hall–Kier alpha value is -1.51. The summed E-state index contributed by atoms with van der Waals surface area (Å²) >= 11 is 0. The molecule has 3 rings (SSSR count). The molecule has 2 heterocycles. The van der Waals surface area contributed by atoms with Crippen molar-refractivity contribution in [2.75, 3.05) is 13.1 Å². The van der Waals surface area contributed by atoms with Crippen molar-refractivity contribution in [1.29, 1.82) is 0 Å². The molecule has 2 aliphatic rings. The largest absolute Gasteiger partial charge is 0.474 e. The van der Waals surface area contributed by atoms with Crippen molar-refractivity contribution >= 4 is 5.84 Å². The number of hydrogen-bond donors (Lipinski definition) is 2. The van der Waals surface area contributed by atoms with Crippen molar-refractivity contribution in [3.05, 3.63) is 29.8 Å². The van der Waals surface area contributed by atoms with E-state index in [0.29, 0.717) is 0 Å². The normalized spacial score (nSPS) is 26.9. The van der Waals surface area contributed by atoms with E-state index < -0.39 is 0 Å². The monoisotopic (exact) mass is 217 g/mol. The molecule has 1 aromatic rings. The molecule has 0 unspecified atom stereocenters. The van der Waals surface area contributed by atoms with Crippen LogP contribution in [0.5, 0.6) is 5.75 Å². The molecule has 2 N–H and O–H groups in total. The van der Waals surface area contributed by atoms with E-state index in [1.165, 1.54) is 5.56 Å². The third-order valence-electron chi connectivity index (χ3n) is 3.51. The van der Waals surface area contributed by atoms with Crippen LogP contribution in [0.25, 0.3) is 0 Å². The van der Waals surface area contributed by atoms with Crippen LogP contribution in [0, 0.1) is 0 Å². The first-order valence-corrected chi connectivity index (χ1v) is 5.96. The van der Waals surface area contributed by atoms with E-state index in [2.05, 4.69) is 35.4 Å². The van der Waals surface area contributed by atoms with Crippen LogP contribution in [0.1, 0.15) is 18.9 Å². The Morgan fingerprint density at radius 1 is 1.44 bits per heavy atom. The standard InChI is InChI=1S/C13H16N2O/c1-2-13(12-14-7-8-15-12)9-10-5-3-4-6-11(10)16-13/h3-6H,2,7-9H2,1H3,(H,14,15)/p+1/t13-/m1/s1. The number of ether oxygens (including phenoxy) is 1. The maximum Gasteiger partial charge on any atom is 0.288 e. The van der Waals surface area contributed by atoms with E-state index in [4.69, 9.17) is 4.74 Å². The summed E-state index contributed by atoms with van der Waals surface area (Å²) in [6.07, 6.45) is 1.95. The van der Waals surface area contributed by atoms with Crippen LogP contribution in [-0.4, -0.2) is 24.5 Å². The summed E-state index contributed by atoms with van der Waals surface area (Å²) in [5.41, 5.74) is 1.13. The number of para-hydroxylation sites is 1. The van der Waals surface area contributed by atoms with Gasteiger partial charge in [-0.2, -0.15) is 0 Å². The minimum absolute atomic E-state index is 0.180. The predicted octanol–water partition coefficient (Wildman–Crippen LogP) is -0.147. The fourth-order valence-corrected chi connectivity index (χ4v) is 2.58. The van der Waals surface area contributed by atoms with Gasteiger partial charge in [0, 0.05) is 6.42 Å². The van der Waals surface area contributed by atoms with Crippen LogP contribution in [0.4, 0.5) is 0 Å². The summed E-state index contributed by atoms with van der Waals surface area (Å²) in [6.45, 7) is 4.17. The van der Waals surface area contributed by atoms with Gasteiger partial charge in [0.05, 0.1) is 0 Å². The van der Waals surface area contributed by atoms with Crippen molar-refractivity contribution in [2.45, 2.75) is 25.4 Å². The van der Waals surface area contributed by atoms with Gasteiger partial charge in [-0.3, -0.25) is 10.3 Å². The molecule has 16 heavy (non-hydrogen) atoms. The van der Waals surface area contributed by atoms with Gasteiger partial charge in [0.2, 0.25) is 5.60 Å². The topological polar surface area (TPSA) is 35.2 Å². The smallest absolute Gasteiger partial charge is 0.288 e. The lowest BCUT2D eigenvalue weighted by Gasteiger charge is -2.23. The zero-order chi connectivity index (χ0) is 11.0. The van der Waals surface area contributed by atoms with Crippen LogP contribution in [0.2, 0.25) is 0 Å². The molecular weight excluding hydrogens is 200 g/mol. The average Bonchev–Trinajstić information content (AvgIpc) is 2.96. The summed E-state index contributed by atoms with van der Waals surface area (Å²) in [4.78, 5) is 3.41. The summed E-state index contributed by atoms with van der Waals surface area (Å²) in [5.74, 6) is 2.19. The van der Waals surface area contributed by atoms with E-state index in [9.17, 15) is 0 Å². The molecule has 1 aromatic carbocycles. The number of amidine groups is 1. The molecule has 0 bridgehead atoms. The molecule has 0 spiro atoms. The molecule has 0 aliphatic carbocycles. The summed E-state index contributed by atoms with van der Waals surface area (Å²) in [5, 5.41) is 3.41. The van der Waals surface area contributed by atoms with Crippen LogP contribution in [-0.2, 0) is 6.42 Å². The SMILES string of the molecule is CC[C@]1(C2=[NH+]CCN2)Cc2ccccc2O1. The molecule has 0 saturated heterocycles.